The Bertz CT molecular complexity index is 695. The number of nitrogens with zero attached hydrogens (tertiary/aromatic N) is 3. The predicted octanol–water partition coefficient (Wildman–Crippen LogP) is 3.30. The fourth-order valence-corrected chi connectivity index (χ4v) is 3.03. The molecule has 0 radical (unpaired) electrons. The summed E-state index contributed by atoms with van der Waals surface area (Å²) in [6, 6.07) is 14.3. The highest BCUT2D eigenvalue weighted by Crippen LogP contribution is 2.23. The number of pyridine rings is 1. The molecule has 1 aliphatic rings. The summed E-state index contributed by atoms with van der Waals surface area (Å²) in [4.78, 5) is 11.0. The van der Waals surface area contributed by atoms with Crippen LogP contribution in [-0.2, 0) is 6.54 Å². The number of rotatable bonds is 4. The standard InChI is InChI=1S/C18H22ClN5.HI/c1-20-18(22-12-15-6-2-3-9-21-15)23-16-8-10-24(13-16)17-7-4-5-14(19)11-17;/h2-7,9,11,16H,8,10,12-13H2,1H3,(H2,20,22,23);1H. The van der Waals surface area contributed by atoms with Crippen molar-refractivity contribution < 1.29 is 0 Å². The zero-order valence-corrected chi connectivity index (χ0v) is 17.2. The fourth-order valence-electron chi connectivity index (χ4n) is 2.85. The van der Waals surface area contributed by atoms with E-state index in [-0.39, 0.29) is 24.0 Å². The molecule has 1 aliphatic heterocycles. The quantitative estimate of drug-likeness (QED) is 0.408. The van der Waals surface area contributed by atoms with Gasteiger partial charge in [-0.2, -0.15) is 0 Å². The number of hydrogen-bond acceptors (Lipinski definition) is 3. The molecule has 7 heteroatoms. The summed E-state index contributed by atoms with van der Waals surface area (Å²) < 4.78 is 0. The third kappa shape index (κ3) is 5.74. The van der Waals surface area contributed by atoms with Crippen LogP contribution in [0.1, 0.15) is 12.1 Å². The molecule has 5 nitrogen and oxygen atoms in total. The van der Waals surface area contributed by atoms with Crippen molar-refractivity contribution in [2.45, 2.75) is 19.0 Å². The van der Waals surface area contributed by atoms with E-state index in [0.717, 1.165) is 36.2 Å². The van der Waals surface area contributed by atoms with E-state index in [2.05, 4.69) is 31.6 Å². The van der Waals surface area contributed by atoms with Crippen LogP contribution in [0.2, 0.25) is 5.02 Å². The van der Waals surface area contributed by atoms with Gasteiger partial charge in [-0.05, 0) is 36.8 Å². The Kier molecular flexibility index (Phi) is 7.77. The molecule has 0 amide bonds. The van der Waals surface area contributed by atoms with Crippen LogP contribution in [0.4, 0.5) is 5.69 Å². The van der Waals surface area contributed by atoms with Crippen LogP contribution in [0, 0.1) is 0 Å². The number of anilines is 1. The Morgan fingerprint density at radius 2 is 2.20 bits per heavy atom. The smallest absolute Gasteiger partial charge is 0.191 e. The second-order valence-electron chi connectivity index (χ2n) is 5.80. The molecule has 3 rings (SSSR count). The number of hydrogen-bond donors (Lipinski definition) is 2. The van der Waals surface area contributed by atoms with Crippen LogP contribution in [0.3, 0.4) is 0 Å². The van der Waals surface area contributed by atoms with E-state index in [1.807, 2.05) is 36.4 Å². The van der Waals surface area contributed by atoms with Crippen LogP contribution in [0.5, 0.6) is 0 Å². The van der Waals surface area contributed by atoms with Gasteiger partial charge in [-0.15, -0.1) is 24.0 Å². The summed E-state index contributed by atoms with van der Waals surface area (Å²) in [6.07, 6.45) is 2.86. The van der Waals surface area contributed by atoms with Crippen molar-refractivity contribution in [1.29, 1.82) is 0 Å². The zero-order chi connectivity index (χ0) is 16.8. The number of nitrogens with one attached hydrogen (secondary N) is 2. The Balaban J connectivity index is 0.00000225. The molecule has 1 atom stereocenters. The van der Waals surface area contributed by atoms with Gasteiger partial charge >= 0.3 is 0 Å². The maximum atomic E-state index is 6.09. The Hall–Kier alpha value is -1.54. The minimum absolute atomic E-state index is 0. The molecule has 2 heterocycles. The first-order valence-corrected chi connectivity index (χ1v) is 8.50. The minimum atomic E-state index is 0. The summed E-state index contributed by atoms with van der Waals surface area (Å²) in [6.45, 7) is 2.60. The van der Waals surface area contributed by atoms with E-state index in [4.69, 9.17) is 11.6 Å². The topological polar surface area (TPSA) is 52.6 Å². The van der Waals surface area contributed by atoms with E-state index in [1.165, 1.54) is 5.69 Å². The number of aromatic nitrogens is 1. The molecule has 0 aliphatic carbocycles. The van der Waals surface area contributed by atoms with Gasteiger partial charge in [0, 0.05) is 43.1 Å². The summed E-state index contributed by atoms with van der Waals surface area (Å²) in [7, 11) is 1.79. The summed E-state index contributed by atoms with van der Waals surface area (Å²) >= 11 is 6.09. The Morgan fingerprint density at radius 1 is 1.32 bits per heavy atom. The largest absolute Gasteiger partial charge is 0.369 e. The molecule has 1 aromatic carbocycles. The van der Waals surface area contributed by atoms with E-state index in [1.54, 1.807) is 13.2 Å². The average Bonchev–Trinajstić information content (AvgIpc) is 3.08. The third-order valence-corrected chi connectivity index (χ3v) is 4.32. The highest BCUT2D eigenvalue weighted by Gasteiger charge is 2.23. The third-order valence-electron chi connectivity index (χ3n) is 4.09. The van der Waals surface area contributed by atoms with Gasteiger partial charge in [-0.25, -0.2) is 0 Å². The fraction of sp³-hybridized carbons (Fsp3) is 0.333. The number of halogens is 2. The predicted molar refractivity (Wildman–Crippen MR) is 115 cm³/mol. The van der Waals surface area contributed by atoms with E-state index in [0.29, 0.717) is 12.6 Å². The first-order chi connectivity index (χ1) is 11.7. The molecule has 134 valence electrons. The van der Waals surface area contributed by atoms with Gasteiger partial charge in [-0.1, -0.05) is 23.7 Å². The molecular formula is C18H23ClIN5. The van der Waals surface area contributed by atoms with Gasteiger partial charge in [0.1, 0.15) is 0 Å². The summed E-state index contributed by atoms with van der Waals surface area (Å²) in [5, 5.41) is 7.57. The summed E-state index contributed by atoms with van der Waals surface area (Å²) in [5.41, 5.74) is 2.16. The first-order valence-electron chi connectivity index (χ1n) is 8.12. The monoisotopic (exact) mass is 471 g/mol. The van der Waals surface area contributed by atoms with E-state index < -0.39 is 0 Å². The second-order valence-corrected chi connectivity index (χ2v) is 6.24. The number of aliphatic imine (C=N–C) groups is 1. The van der Waals surface area contributed by atoms with Crippen molar-refractivity contribution in [2.24, 2.45) is 4.99 Å². The van der Waals surface area contributed by atoms with Gasteiger partial charge in [0.2, 0.25) is 0 Å². The molecule has 2 aromatic rings. The first kappa shape index (κ1) is 19.8. The lowest BCUT2D eigenvalue weighted by molar-refractivity contribution is 0.647. The van der Waals surface area contributed by atoms with Gasteiger partial charge < -0.3 is 15.5 Å². The van der Waals surface area contributed by atoms with Crippen molar-refractivity contribution in [3.05, 3.63) is 59.4 Å². The molecule has 1 unspecified atom stereocenters. The van der Waals surface area contributed by atoms with Gasteiger partial charge in [0.05, 0.1) is 12.2 Å². The maximum Gasteiger partial charge on any atom is 0.191 e. The van der Waals surface area contributed by atoms with Crippen molar-refractivity contribution in [3.8, 4) is 0 Å². The van der Waals surface area contributed by atoms with Crippen LogP contribution in [0.15, 0.2) is 53.7 Å². The van der Waals surface area contributed by atoms with Crippen molar-refractivity contribution in [2.75, 3.05) is 25.0 Å². The van der Waals surface area contributed by atoms with Crippen molar-refractivity contribution in [3.63, 3.8) is 0 Å². The van der Waals surface area contributed by atoms with Crippen LogP contribution in [0.25, 0.3) is 0 Å². The van der Waals surface area contributed by atoms with Crippen LogP contribution < -0.4 is 15.5 Å². The lowest BCUT2D eigenvalue weighted by atomic mass is 10.2. The molecule has 1 fully saturated rings. The Labute approximate surface area is 170 Å². The molecule has 1 aromatic heterocycles. The van der Waals surface area contributed by atoms with Gasteiger partial charge in [0.15, 0.2) is 5.96 Å². The molecule has 0 saturated carbocycles. The molecule has 2 N–H and O–H groups in total. The van der Waals surface area contributed by atoms with Crippen LogP contribution in [-0.4, -0.2) is 37.1 Å². The maximum absolute atomic E-state index is 6.09. The van der Waals surface area contributed by atoms with Crippen LogP contribution >= 0.6 is 35.6 Å². The lowest BCUT2D eigenvalue weighted by Crippen LogP contribution is -2.44. The van der Waals surface area contributed by atoms with Gasteiger partial charge in [-0.3, -0.25) is 9.98 Å². The molecule has 25 heavy (non-hydrogen) atoms. The second kappa shape index (κ2) is 9.82. The highest BCUT2D eigenvalue weighted by molar-refractivity contribution is 14.0. The Morgan fingerprint density at radius 3 is 2.92 bits per heavy atom. The van der Waals surface area contributed by atoms with Crippen molar-refractivity contribution in [1.82, 2.24) is 15.6 Å². The zero-order valence-electron chi connectivity index (χ0n) is 14.2. The van der Waals surface area contributed by atoms with Crippen molar-refractivity contribution >= 4 is 47.2 Å². The molecule has 1 saturated heterocycles. The summed E-state index contributed by atoms with van der Waals surface area (Å²) in [5.74, 6) is 0.804. The van der Waals surface area contributed by atoms with E-state index in [9.17, 15) is 0 Å². The average molecular weight is 472 g/mol. The lowest BCUT2D eigenvalue weighted by Gasteiger charge is -2.20. The SMILES string of the molecule is CN=C(NCc1ccccn1)NC1CCN(c2cccc(Cl)c2)C1.I. The number of guanidine groups is 1. The normalized spacial score (nSPS) is 17.1. The minimum Gasteiger partial charge on any atom is -0.369 e. The highest BCUT2D eigenvalue weighted by atomic mass is 127. The van der Waals surface area contributed by atoms with Gasteiger partial charge in [0.25, 0.3) is 0 Å². The molecular weight excluding hydrogens is 449 g/mol. The number of benzene rings is 1. The molecule has 0 spiro atoms. The van der Waals surface area contributed by atoms with E-state index >= 15 is 0 Å². The molecule has 0 bridgehead atoms.